The molecule has 0 aliphatic rings. The monoisotopic (exact) mass is 431 g/mol. The van der Waals surface area contributed by atoms with Gasteiger partial charge in [0.25, 0.3) is 0 Å². The third kappa shape index (κ3) is 5.46. The summed E-state index contributed by atoms with van der Waals surface area (Å²) in [7, 11) is 0. The van der Waals surface area contributed by atoms with Crippen LogP contribution in [-0.2, 0) is 6.42 Å². The first kappa shape index (κ1) is 21.9. The summed E-state index contributed by atoms with van der Waals surface area (Å²) in [6.07, 6.45) is 9.54. The highest BCUT2D eigenvalue weighted by molar-refractivity contribution is 5.76. The number of aromatic nitrogens is 2. The summed E-state index contributed by atoms with van der Waals surface area (Å²) in [5.74, 6) is 1.38. The third-order valence-electron chi connectivity index (χ3n) is 5.46. The zero-order chi connectivity index (χ0) is 22.2. The van der Waals surface area contributed by atoms with E-state index in [4.69, 9.17) is 14.9 Å². The summed E-state index contributed by atoms with van der Waals surface area (Å²) in [5, 5.41) is 9.26. The Kier molecular flexibility index (Phi) is 7.38. The molecule has 0 spiro atoms. The highest BCUT2D eigenvalue weighted by atomic mass is 16.5. The van der Waals surface area contributed by atoms with E-state index in [1.165, 1.54) is 5.56 Å². The Labute approximate surface area is 188 Å². The number of benzene rings is 2. The van der Waals surface area contributed by atoms with E-state index in [0.717, 1.165) is 53.8 Å². The fourth-order valence-corrected chi connectivity index (χ4v) is 3.65. The van der Waals surface area contributed by atoms with Gasteiger partial charge in [0.2, 0.25) is 0 Å². The van der Waals surface area contributed by atoms with Crippen LogP contribution in [0.2, 0.25) is 0 Å². The standard InChI is InChI=1S/C26H29N3O3/c27-23(17-30)26-28-16-24(29-26)20-10-11-25(22(15-20)21-12-14-31-18-21)32-13-6-2-5-9-19-7-3-1-4-8-19/h1,3-4,7-8,10-12,14-16,18,23,30H,2,5-6,9,13,17,27H2,(H,28,29). The fraction of sp³-hybridized carbons (Fsp3) is 0.269. The van der Waals surface area contributed by atoms with E-state index in [-0.39, 0.29) is 6.61 Å². The molecule has 4 N–H and O–H groups in total. The molecule has 1 unspecified atom stereocenters. The molecule has 2 heterocycles. The van der Waals surface area contributed by atoms with Crippen LogP contribution < -0.4 is 10.5 Å². The van der Waals surface area contributed by atoms with Crippen molar-refractivity contribution in [1.29, 1.82) is 0 Å². The molecule has 0 radical (unpaired) electrons. The first-order chi connectivity index (χ1) is 15.7. The summed E-state index contributed by atoms with van der Waals surface area (Å²) in [5.41, 5.74) is 10.9. The molecule has 1 atom stereocenters. The van der Waals surface area contributed by atoms with Crippen molar-refractivity contribution in [2.24, 2.45) is 5.73 Å². The van der Waals surface area contributed by atoms with Crippen LogP contribution in [0, 0.1) is 0 Å². The van der Waals surface area contributed by atoms with Gasteiger partial charge in [0, 0.05) is 22.9 Å². The smallest absolute Gasteiger partial charge is 0.127 e. The second kappa shape index (κ2) is 10.8. The van der Waals surface area contributed by atoms with Gasteiger partial charge in [-0.25, -0.2) is 4.98 Å². The quantitative estimate of drug-likeness (QED) is 0.286. The minimum absolute atomic E-state index is 0.161. The second-order valence-corrected chi connectivity index (χ2v) is 7.83. The fourth-order valence-electron chi connectivity index (χ4n) is 3.65. The Morgan fingerprint density at radius 1 is 1.03 bits per heavy atom. The number of imidazole rings is 1. The number of unbranched alkanes of at least 4 members (excludes halogenated alkanes) is 2. The molecule has 0 saturated heterocycles. The van der Waals surface area contributed by atoms with Gasteiger partial charge in [-0.1, -0.05) is 30.3 Å². The van der Waals surface area contributed by atoms with Crippen molar-refractivity contribution < 1.29 is 14.3 Å². The van der Waals surface area contributed by atoms with Crippen molar-refractivity contribution in [3.8, 4) is 28.1 Å². The number of nitrogens with zero attached hydrogens (tertiary/aromatic N) is 1. The summed E-state index contributed by atoms with van der Waals surface area (Å²) in [4.78, 5) is 7.56. The lowest BCUT2D eigenvalue weighted by Crippen LogP contribution is -2.15. The largest absolute Gasteiger partial charge is 0.493 e. The maximum atomic E-state index is 9.26. The van der Waals surface area contributed by atoms with Gasteiger partial charge in [-0.15, -0.1) is 0 Å². The summed E-state index contributed by atoms with van der Waals surface area (Å²) in [6.45, 7) is 0.502. The highest BCUT2D eigenvalue weighted by Crippen LogP contribution is 2.34. The van der Waals surface area contributed by atoms with Crippen LogP contribution in [0.1, 0.15) is 36.7 Å². The molecular formula is C26H29N3O3. The van der Waals surface area contributed by atoms with Crippen molar-refractivity contribution in [3.63, 3.8) is 0 Å². The Bertz CT molecular complexity index is 1090. The number of nitrogens with two attached hydrogens (primary N) is 1. The normalized spacial score (nSPS) is 12.1. The van der Waals surface area contributed by atoms with Crippen molar-refractivity contribution >= 4 is 0 Å². The average molecular weight is 432 g/mol. The molecule has 166 valence electrons. The number of hydrogen-bond acceptors (Lipinski definition) is 5. The van der Waals surface area contributed by atoms with Gasteiger partial charge >= 0.3 is 0 Å². The van der Waals surface area contributed by atoms with Crippen molar-refractivity contribution in [2.45, 2.75) is 31.7 Å². The minimum Gasteiger partial charge on any atom is -0.493 e. The molecule has 6 heteroatoms. The summed E-state index contributed by atoms with van der Waals surface area (Å²) >= 11 is 0. The minimum atomic E-state index is -0.526. The Balaban J connectivity index is 1.40. The van der Waals surface area contributed by atoms with Gasteiger partial charge in [-0.3, -0.25) is 0 Å². The molecule has 6 nitrogen and oxygen atoms in total. The first-order valence-corrected chi connectivity index (χ1v) is 11.0. The molecule has 2 aromatic carbocycles. The van der Waals surface area contributed by atoms with E-state index in [1.807, 2.05) is 24.3 Å². The van der Waals surface area contributed by atoms with Crippen LogP contribution in [0.15, 0.2) is 77.7 Å². The Hall–Kier alpha value is -3.35. The van der Waals surface area contributed by atoms with Gasteiger partial charge in [0.1, 0.15) is 11.6 Å². The van der Waals surface area contributed by atoms with Crippen LogP contribution in [0.3, 0.4) is 0 Å². The lowest BCUT2D eigenvalue weighted by Gasteiger charge is -2.12. The van der Waals surface area contributed by atoms with Crippen LogP contribution in [0.25, 0.3) is 22.4 Å². The van der Waals surface area contributed by atoms with Crippen LogP contribution in [0.4, 0.5) is 0 Å². The van der Waals surface area contributed by atoms with Crippen molar-refractivity contribution in [3.05, 3.63) is 84.7 Å². The molecule has 4 rings (SSSR count). The van der Waals surface area contributed by atoms with E-state index in [1.54, 1.807) is 18.7 Å². The van der Waals surface area contributed by atoms with Crippen LogP contribution in [-0.4, -0.2) is 28.3 Å². The summed E-state index contributed by atoms with van der Waals surface area (Å²) in [6, 6.07) is 18.0. The number of ether oxygens (including phenoxy) is 1. The second-order valence-electron chi connectivity index (χ2n) is 7.83. The van der Waals surface area contributed by atoms with Gasteiger partial charge in [0.15, 0.2) is 0 Å². The predicted molar refractivity (Wildman–Crippen MR) is 125 cm³/mol. The highest BCUT2D eigenvalue weighted by Gasteiger charge is 2.14. The lowest BCUT2D eigenvalue weighted by molar-refractivity contribution is 0.264. The number of aromatic amines is 1. The van der Waals surface area contributed by atoms with Gasteiger partial charge < -0.3 is 25.0 Å². The number of rotatable bonds is 11. The van der Waals surface area contributed by atoms with Crippen molar-refractivity contribution in [2.75, 3.05) is 13.2 Å². The number of aryl methyl sites for hydroxylation is 1. The Morgan fingerprint density at radius 2 is 1.91 bits per heavy atom. The van der Waals surface area contributed by atoms with E-state index in [2.05, 4.69) is 40.3 Å². The van der Waals surface area contributed by atoms with E-state index in [9.17, 15) is 5.11 Å². The summed E-state index contributed by atoms with van der Waals surface area (Å²) < 4.78 is 11.4. The number of H-pyrrole nitrogens is 1. The van der Waals surface area contributed by atoms with Gasteiger partial charge in [0.05, 0.1) is 37.5 Å². The molecule has 0 bridgehead atoms. The van der Waals surface area contributed by atoms with E-state index < -0.39 is 6.04 Å². The number of furan rings is 1. The SMILES string of the molecule is NC(CO)c1nc(-c2ccc(OCCCCCc3ccccc3)c(-c3ccoc3)c2)c[nH]1. The number of hydrogen-bond donors (Lipinski definition) is 3. The van der Waals surface area contributed by atoms with E-state index >= 15 is 0 Å². The Morgan fingerprint density at radius 3 is 2.69 bits per heavy atom. The number of aliphatic hydroxyl groups is 1. The maximum Gasteiger partial charge on any atom is 0.127 e. The van der Waals surface area contributed by atoms with Gasteiger partial charge in [-0.2, -0.15) is 0 Å². The first-order valence-electron chi connectivity index (χ1n) is 11.0. The molecule has 0 amide bonds. The van der Waals surface area contributed by atoms with Crippen LogP contribution in [0.5, 0.6) is 5.75 Å². The zero-order valence-electron chi connectivity index (χ0n) is 18.0. The molecule has 4 aromatic rings. The molecular weight excluding hydrogens is 402 g/mol. The van der Waals surface area contributed by atoms with Gasteiger partial charge in [-0.05, 0) is 55.5 Å². The predicted octanol–water partition coefficient (Wildman–Crippen LogP) is 5.12. The molecule has 0 aliphatic heterocycles. The number of nitrogens with one attached hydrogen (secondary N) is 1. The van der Waals surface area contributed by atoms with Crippen LogP contribution >= 0.6 is 0 Å². The molecule has 32 heavy (non-hydrogen) atoms. The topological polar surface area (TPSA) is 97.3 Å². The van der Waals surface area contributed by atoms with Crippen molar-refractivity contribution in [1.82, 2.24) is 9.97 Å². The average Bonchev–Trinajstić information content (AvgIpc) is 3.54. The molecule has 0 saturated carbocycles. The lowest BCUT2D eigenvalue weighted by atomic mass is 10.0. The molecule has 2 aromatic heterocycles. The maximum absolute atomic E-state index is 9.26. The van der Waals surface area contributed by atoms with E-state index in [0.29, 0.717) is 12.4 Å². The molecule has 0 aliphatic carbocycles. The molecule has 0 fully saturated rings. The zero-order valence-corrected chi connectivity index (χ0v) is 18.0. The number of aliphatic hydroxyl groups excluding tert-OH is 1. The third-order valence-corrected chi connectivity index (χ3v) is 5.46.